The second-order valence-electron chi connectivity index (χ2n) is 4.73. The van der Waals surface area contributed by atoms with Gasteiger partial charge in [0, 0.05) is 16.3 Å². The highest BCUT2D eigenvalue weighted by molar-refractivity contribution is 6.31. The molecule has 0 spiro atoms. The summed E-state index contributed by atoms with van der Waals surface area (Å²) in [5.74, 6) is 1.19. The first-order valence-electron chi connectivity index (χ1n) is 6.58. The van der Waals surface area contributed by atoms with Crippen LogP contribution in [0.25, 0.3) is 17.1 Å². The first kappa shape index (κ1) is 13.8. The first-order valence-corrected chi connectivity index (χ1v) is 6.95. The smallest absolute Gasteiger partial charge is 0.168 e. The molecule has 0 aliphatic heterocycles. The van der Waals surface area contributed by atoms with E-state index in [1.54, 1.807) is 0 Å². The van der Waals surface area contributed by atoms with Gasteiger partial charge < -0.3 is 5.11 Å². The van der Waals surface area contributed by atoms with E-state index in [1.165, 1.54) is 0 Å². The molecular formula is C16H14ClN3O. The number of halogens is 1. The predicted octanol–water partition coefficient (Wildman–Crippen LogP) is 3.39. The fourth-order valence-corrected chi connectivity index (χ4v) is 2.36. The highest BCUT2D eigenvalue weighted by atomic mass is 35.5. The lowest BCUT2D eigenvalue weighted by Gasteiger charge is -2.10. The summed E-state index contributed by atoms with van der Waals surface area (Å²) in [5, 5.41) is 18.5. The summed E-state index contributed by atoms with van der Waals surface area (Å²) in [4.78, 5) is 0. The molecule has 5 heteroatoms. The standard InChI is InChI=1S/C16H14ClN3O/c1-11-9-12(7-8-14(11)17)16-19-18-15(10-21)20(16)13-5-3-2-4-6-13/h2-9,21H,10H2,1H3. The molecule has 4 nitrogen and oxygen atoms in total. The van der Waals surface area contributed by atoms with E-state index < -0.39 is 0 Å². The van der Waals surface area contributed by atoms with Crippen molar-refractivity contribution in [3.05, 3.63) is 64.9 Å². The van der Waals surface area contributed by atoms with Gasteiger partial charge in [-0.3, -0.25) is 4.57 Å². The number of aryl methyl sites for hydroxylation is 1. The summed E-state index contributed by atoms with van der Waals surface area (Å²) in [6.45, 7) is 1.77. The van der Waals surface area contributed by atoms with Crippen molar-refractivity contribution in [1.29, 1.82) is 0 Å². The van der Waals surface area contributed by atoms with E-state index in [-0.39, 0.29) is 6.61 Å². The lowest BCUT2D eigenvalue weighted by molar-refractivity contribution is 0.269. The van der Waals surface area contributed by atoms with Crippen molar-refractivity contribution in [2.45, 2.75) is 13.5 Å². The van der Waals surface area contributed by atoms with Crippen molar-refractivity contribution in [3.63, 3.8) is 0 Å². The summed E-state index contributed by atoms with van der Waals surface area (Å²) < 4.78 is 1.85. The van der Waals surface area contributed by atoms with Crippen LogP contribution in [-0.4, -0.2) is 19.9 Å². The summed E-state index contributed by atoms with van der Waals surface area (Å²) in [6, 6.07) is 15.4. The van der Waals surface area contributed by atoms with Crippen molar-refractivity contribution >= 4 is 11.6 Å². The van der Waals surface area contributed by atoms with Crippen molar-refractivity contribution < 1.29 is 5.11 Å². The maximum Gasteiger partial charge on any atom is 0.168 e. The van der Waals surface area contributed by atoms with Crippen molar-refractivity contribution in [2.75, 3.05) is 0 Å². The summed E-state index contributed by atoms with van der Waals surface area (Å²) in [5.41, 5.74) is 2.80. The molecule has 0 saturated heterocycles. The zero-order valence-corrected chi connectivity index (χ0v) is 12.2. The van der Waals surface area contributed by atoms with Crippen LogP contribution in [0.4, 0.5) is 0 Å². The van der Waals surface area contributed by atoms with Crippen LogP contribution in [0.1, 0.15) is 11.4 Å². The Hall–Kier alpha value is -2.17. The third-order valence-corrected chi connectivity index (χ3v) is 3.73. The van der Waals surface area contributed by atoms with E-state index in [2.05, 4.69) is 10.2 Å². The SMILES string of the molecule is Cc1cc(-c2nnc(CO)n2-c2ccccc2)ccc1Cl. The maximum atomic E-state index is 9.49. The van der Waals surface area contributed by atoms with Crippen LogP contribution >= 0.6 is 11.6 Å². The molecule has 0 aliphatic carbocycles. The number of hydrogen-bond acceptors (Lipinski definition) is 3. The Bertz CT molecular complexity index is 768. The van der Waals surface area contributed by atoms with Crippen LogP contribution in [0, 0.1) is 6.92 Å². The van der Waals surface area contributed by atoms with Gasteiger partial charge in [-0.15, -0.1) is 10.2 Å². The number of para-hydroxylation sites is 1. The Labute approximate surface area is 127 Å². The normalized spacial score (nSPS) is 10.8. The van der Waals surface area contributed by atoms with Crippen LogP contribution in [0.5, 0.6) is 0 Å². The summed E-state index contributed by atoms with van der Waals surface area (Å²) in [6.07, 6.45) is 0. The van der Waals surface area contributed by atoms with E-state index >= 15 is 0 Å². The first-order chi connectivity index (χ1) is 10.2. The second kappa shape index (κ2) is 5.68. The van der Waals surface area contributed by atoms with Gasteiger partial charge in [0.15, 0.2) is 11.6 Å². The van der Waals surface area contributed by atoms with Crippen LogP contribution in [0.15, 0.2) is 48.5 Å². The van der Waals surface area contributed by atoms with Gasteiger partial charge in [-0.2, -0.15) is 0 Å². The molecule has 3 aromatic rings. The van der Waals surface area contributed by atoms with Gasteiger partial charge in [-0.25, -0.2) is 0 Å². The number of nitrogens with zero attached hydrogens (tertiary/aromatic N) is 3. The largest absolute Gasteiger partial charge is 0.388 e. The van der Waals surface area contributed by atoms with Gasteiger partial charge in [0.05, 0.1) is 0 Å². The zero-order valence-electron chi connectivity index (χ0n) is 11.5. The second-order valence-corrected chi connectivity index (χ2v) is 5.14. The van der Waals surface area contributed by atoms with Crippen LogP contribution < -0.4 is 0 Å². The molecule has 0 amide bonds. The number of aliphatic hydroxyl groups excluding tert-OH is 1. The maximum absolute atomic E-state index is 9.49. The van der Waals surface area contributed by atoms with Crippen LogP contribution in [0.2, 0.25) is 5.02 Å². The Balaban J connectivity index is 2.20. The number of aliphatic hydroxyl groups is 1. The molecule has 0 unspecified atom stereocenters. The van der Waals surface area contributed by atoms with Gasteiger partial charge in [-0.1, -0.05) is 29.8 Å². The van der Waals surface area contributed by atoms with Gasteiger partial charge in [0.2, 0.25) is 0 Å². The molecule has 21 heavy (non-hydrogen) atoms. The Morgan fingerprint density at radius 2 is 1.86 bits per heavy atom. The molecule has 1 heterocycles. The van der Waals surface area contributed by atoms with E-state index in [4.69, 9.17) is 11.6 Å². The van der Waals surface area contributed by atoms with E-state index in [1.807, 2.05) is 60.0 Å². The molecule has 3 rings (SSSR count). The lowest BCUT2D eigenvalue weighted by atomic mass is 10.1. The molecular weight excluding hydrogens is 286 g/mol. The minimum Gasteiger partial charge on any atom is -0.388 e. The minimum atomic E-state index is -0.172. The number of benzene rings is 2. The molecule has 1 aromatic heterocycles. The van der Waals surface area contributed by atoms with E-state index in [0.29, 0.717) is 16.7 Å². The fraction of sp³-hybridized carbons (Fsp3) is 0.125. The predicted molar refractivity (Wildman–Crippen MR) is 82.5 cm³/mol. The Kier molecular flexibility index (Phi) is 3.73. The monoisotopic (exact) mass is 299 g/mol. The van der Waals surface area contributed by atoms with Crippen molar-refractivity contribution in [1.82, 2.24) is 14.8 Å². The third-order valence-electron chi connectivity index (χ3n) is 3.30. The highest BCUT2D eigenvalue weighted by Crippen LogP contribution is 2.26. The molecule has 1 N–H and O–H groups in total. The fourth-order valence-electron chi connectivity index (χ4n) is 2.24. The van der Waals surface area contributed by atoms with Crippen molar-refractivity contribution in [2.24, 2.45) is 0 Å². The Morgan fingerprint density at radius 3 is 2.52 bits per heavy atom. The van der Waals surface area contributed by atoms with Crippen molar-refractivity contribution in [3.8, 4) is 17.1 Å². The number of rotatable bonds is 3. The van der Waals surface area contributed by atoms with Gasteiger partial charge in [-0.05, 0) is 42.8 Å². The molecule has 0 saturated carbocycles. The highest BCUT2D eigenvalue weighted by Gasteiger charge is 2.15. The third kappa shape index (κ3) is 2.55. The minimum absolute atomic E-state index is 0.172. The number of hydrogen-bond donors (Lipinski definition) is 1. The van der Waals surface area contributed by atoms with Gasteiger partial charge in [0.25, 0.3) is 0 Å². The van der Waals surface area contributed by atoms with Gasteiger partial charge in [0.1, 0.15) is 6.61 Å². The topological polar surface area (TPSA) is 50.9 Å². The molecule has 0 fully saturated rings. The number of aromatic nitrogens is 3. The molecule has 106 valence electrons. The van der Waals surface area contributed by atoms with Crippen LogP contribution in [0.3, 0.4) is 0 Å². The molecule has 0 bridgehead atoms. The molecule has 0 aliphatic rings. The Morgan fingerprint density at radius 1 is 1.10 bits per heavy atom. The average molecular weight is 300 g/mol. The molecule has 0 atom stereocenters. The summed E-state index contributed by atoms with van der Waals surface area (Å²) in [7, 11) is 0. The molecule has 0 radical (unpaired) electrons. The summed E-state index contributed by atoms with van der Waals surface area (Å²) >= 11 is 6.07. The van der Waals surface area contributed by atoms with E-state index in [9.17, 15) is 5.11 Å². The van der Waals surface area contributed by atoms with Crippen LogP contribution in [-0.2, 0) is 6.61 Å². The molecule has 2 aromatic carbocycles. The van der Waals surface area contributed by atoms with E-state index in [0.717, 1.165) is 16.8 Å². The zero-order chi connectivity index (χ0) is 14.8. The quantitative estimate of drug-likeness (QED) is 0.806. The average Bonchev–Trinajstić information content (AvgIpc) is 2.95. The lowest BCUT2D eigenvalue weighted by Crippen LogP contribution is -2.03. The van der Waals surface area contributed by atoms with Gasteiger partial charge >= 0.3 is 0 Å².